The molecule has 2 aromatic rings. The first kappa shape index (κ1) is 17.2. The van der Waals surface area contributed by atoms with Crippen molar-refractivity contribution < 1.29 is 19.3 Å². The minimum absolute atomic E-state index is 0.130. The Morgan fingerprint density at radius 1 is 0.833 bits per heavy atom. The molecule has 2 rings (SSSR count). The molecule has 0 amide bonds. The first-order valence-electron chi connectivity index (χ1n) is 6.96. The fourth-order valence-electron chi connectivity index (χ4n) is 2.59. The van der Waals surface area contributed by atoms with Crippen molar-refractivity contribution in [3.63, 3.8) is 0 Å². The summed E-state index contributed by atoms with van der Waals surface area (Å²) in [4.78, 5) is 21.6. The summed E-state index contributed by atoms with van der Waals surface area (Å²) in [7, 11) is 2.80. The van der Waals surface area contributed by atoms with Gasteiger partial charge in [0.05, 0.1) is 29.6 Å². The van der Waals surface area contributed by atoms with Crippen LogP contribution in [0.1, 0.15) is 11.1 Å². The van der Waals surface area contributed by atoms with E-state index in [4.69, 9.17) is 9.47 Å². The minimum atomic E-state index is -0.577. The molecule has 0 saturated carbocycles. The fourth-order valence-corrected chi connectivity index (χ4v) is 2.59. The molecule has 0 heterocycles. The maximum atomic E-state index is 11.4. The molecule has 0 N–H and O–H groups in total. The van der Waals surface area contributed by atoms with E-state index in [2.05, 4.69) is 0 Å². The average Bonchev–Trinajstić information content (AvgIpc) is 2.53. The van der Waals surface area contributed by atoms with Crippen LogP contribution in [-0.4, -0.2) is 24.1 Å². The summed E-state index contributed by atoms with van der Waals surface area (Å²) in [5, 5.41) is 22.7. The van der Waals surface area contributed by atoms with Crippen LogP contribution in [0.4, 0.5) is 11.4 Å². The van der Waals surface area contributed by atoms with Gasteiger partial charge in [0.1, 0.15) is 5.75 Å². The van der Waals surface area contributed by atoms with Crippen LogP contribution in [-0.2, 0) is 0 Å². The molecule has 0 atom stereocenters. The predicted molar refractivity (Wildman–Crippen MR) is 87.8 cm³/mol. The number of methoxy groups -OCH3 is 2. The smallest absolute Gasteiger partial charge is 0.311 e. The van der Waals surface area contributed by atoms with Crippen LogP contribution in [0.5, 0.6) is 11.5 Å². The molecule has 0 spiro atoms. The van der Waals surface area contributed by atoms with Gasteiger partial charge in [-0.3, -0.25) is 20.2 Å². The minimum Gasteiger partial charge on any atom is -0.496 e. The molecule has 0 aromatic heterocycles. The van der Waals surface area contributed by atoms with Crippen molar-refractivity contribution >= 4 is 11.4 Å². The van der Waals surface area contributed by atoms with Gasteiger partial charge in [0, 0.05) is 12.1 Å². The monoisotopic (exact) mass is 332 g/mol. The summed E-state index contributed by atoms with van der Waals surface area (Å²) in [5.74, 6) is 0.595. The number of benzene rings is 2. The Morgan fingerprint density at radius 2 is 1.46 bits per heavy atom. The summed E-state index contributed by atoms with van der Waals surface area (Å²) in [5.41, 5.74) is 1.32. The third-order valence-corrected chi connectivity index (χ3v) is 3.68. The van der Waals surface area contributed by atoms with Gasteiger partial charge in [-0.2, -0.15) is 0 Å². The van der Waals surface area contributed by atoms with E-state index in [1.54, 1.807) is 19.9 Å². The van der Waals surface area contributed by atoms with Crippen molar-refractivity contribution in [1.82, 2.24) is 0 Å². The maximum Gasteiger partial charge on any atom is 0.311 e. The fraction of sp³-hybridized carbons (Fsp3) is 0.250. The predicted octanol–water partition coefficient (Wildman–Crippen LogP) is 3.80. The van der Waals surface area contributed by atoms with Crippen LogP contribution < -0.4 is 9.47 Å². The first-order chi connectivity index (χ1) is 11.3. The third kappa shape index (κ3) is 2.98. The van der Waals surface area contributed by atoms with Crippen LogP contribution >= 0.6 is 0 Å². The second-order valence-electron chi connectivity index (χ2n) is 5.20. The Balaban J connectivity index is 2.80. The molecule has 0 aliphatic heterocycles. The molecule has 8 nitrogen and oxygen atoms in total. The number of nitro groups is 2. The lowest BCUT2D eigenvalue weighted by Gasteiger charge is -2.11. The highest BCUT2D eigenvalue weighted by molar-refractivity contribution is 5.79. The van der Waals surface area contributed by atoms with Gasteiger partial charge < -0.3 is 9.47 Å². The van der Waals surface area contributed by atoms with E-state index >= 15 is 0 Å². The van der Waals surface area contributed by atoms with Gasteiger partial charge in [-0.25, -0.2) is 0 Å². The Hall–Kier alpha value is -3.16. The lowest BCUT2D eigenvalue weighted by molar-refractivity contribution is -0.385. The molecule has 2 aromatic carbocycles. The molecule has 0 bridgehead atoms. The Morgan fingerprint density at radius 3 is 1.96 bits per heavy atom. The molecule has 0 saturated heterocycles. The van der Waals surface area contributed by atoms with E-state index < -0.39 is 9.85 Å². The number of ether oxygens (including phenoxy) is 2. The molecule has 0 fully saturated rings. The van der Waals surface area contributed by atoms with Gasteiger partial charge in [0.15, 0.2) is 5.75 Å². The van der Waals surface area contributed by atoms with Crippen LogP contribution in [0, 0.1) is 34.1 Å². The van der Waals surface area contributed by atoms with Gasteiger partial charge in [-0.15, -0.1) is 0 Å². The molecule has 24 heavy (non-hydrogen) atoms. The molecule has 0 unspecified atom stereocenters. The van der Waals surface area contributed by atoms with E-state index in [0.29, 0.717) is 22.4 Å². The number of hydrogen-bond acceptors (Lipinski definition) is 6. The Labute approximate surface area is 137 Å². The molecule has 0 aliphatic carbocycles. The second kappa shape index (κ2) is 6.53. The highest BCUT2D eigenvalue weighted by atomic mass is 16.6. The third-order valence-electron chi connectivity index (χ3n) is 3.68. The quantitative estimate of drug-likeness (QED) is 0.609. The van der Waals surface area contributed by atoms with Gasteiger partial charge in [0.25, 0.3) is 5.69 Å². The summed E-state index contributed by atoms with van der Waals surface area (Å²) in [6.07, 6.45) is 0. The van der Waals surface area contributed by atoms with Crippen molar-refractivity contribution in [2.45, 2.75) is 13.8 Å². The lowest BCUT2D eigenvalue weighted by Crippen LogP contribution is -1.99. The lowest BCUT2D eigenvalue weighted by atomic mass is 9.98. The Bertz CT molecular complexity index is 832. The summed E-state index contributed by atoms with van der Waals surface area (Å²) in [6.45, 7) is 3.34. The number of aryl methyl sites for hydroxylation is 2. The van der Waals surface area contributed by atoms with Gasteiger partial charge in [0.2, 0.25) is 0 Å². The summed E-state index contributed by atoms with van der Waals surface area (Å²) in [6, 6.07) is 5.78. The zero-order valence-electron chi connectivity index (χ0n) is 13.7. The van der Waals surface area contributed by atoms with Crippen molar-refractivity contribution in [3.05, 3.63) is 55.6 Å². The standard InChI is InChI=1S/C16H16N2O6/c1-9-6-13(17(19)20)12(8-15(9)23-3)11-5-10(2)16(24-4)14(7-11)18(21)22/h5-8H,1-4H3. The largest absolute Gasteiger partial charge is 0.496 e. The van der Waals surface area contributed by atoms with Crippen LogP contribution in [0.3, 0.4) is 0 Å². The number of rotatable bonds is 5. The average molecular weight is 332 g/mol. The van der Waals surface area contributed by atoms with Crippen molar-refractivity contribution in [3.8, 4) is 22.6 Å². The number of nitro benzene ring substituents is 2. The van der Waals surface area contributed by atoms with Gasteiger partial charge in [-0.1, -0.05) is 0 Å². The van der Waals surface area contributed by atoms with Crippen molar-refractivity contribution in [2.75, 3.05) is 14.2 Å². The summed E-state index contributed by atoms with van der Waals surface area (Å²) < 4.78 is 10.3. The first-order valence-corrected chi connectivity index (χ1v) is 6.96. The molecule has 8 heteroatoms. The van der Waals surface area contributed by atoms with Gasteiger partial charge >= 0.3 is 5.69 Å². The SMILES string of the molecule is COc1cc(-c2cc(C)c(OC)c([N+](=O)[O-])c2)c([N+](=O)[O-])cc1C. The maximum absolute atomic E-state index is 11.4. The van der Waals surface area contributed by atoms with Crippen molar-refractivity contribution in [1.29, 1.82) is 0 Å². The number of nitrogens with zero attached hydrogens (tertiary/aromatic N) is 2. The van der Waals surface area contributed by atoms with Crippen LogP contribution in [0.15, 0.2) is 24.3 Å². The van der Waals surface area contributed by atoms with Crippen LogP contribution in [0.2, 0.25) is 0 Å². The van der Waals surface area contributed by atoms with E-state index in [1.807, 2.05) is 0 Å². The molecule has 0 aliphatic rings. The Kier molecular flexibility index (Phi) is 4.68. The topological polar surface area (TPSA) is 105 Å². The van der Waals surface area contributed by atoms with E-state index in [1.165, 1.54) is 32.4 Å². The van der Waals surface area contributed by atoms with Crippen molar-refractivity contribution in [2.24, 2.45) is 0 Å². The number of hydrogen-bond donors (Lipinski definition) is 0. The van der Waals surface area contributed by atoms with Crippen LogP contribution in [0.25, 0.3) is 11.1 Å². The summed E-state index contributed by atoms with van der Waals surface area (Å²) >= 11 is 0. The van der Waals surface area contributed by atoms with Gasteiger partial charge in [-0.05, 0) is 42.7 Å². The highest BCUT2D eigenvalue weighted by Gasteiger charge is 2.24. The normalized spacial score (nSPS) is 10.3. The molecule has 0 radical (unpaired) electrons. The molecule has 126 valence electrons. The molecular formula is C16H16N2O6. The zero-order chi connectivity index (χ0) is 18.0. The zero-order valence-corrected chi connectivity index (χ0v) is 13.7. The van der Waals surface area contributed by atoms with E-state index in [-0.39, 0.29) is 22.7 Å². The highest BCUT2D eigenvalue weighted by Crippen LogP contribution is 2.40. The van der Waals surface area contributed by atoms with E-state index in [0.717, 1.165) is 0 Å². The second-order valence-corrected chi connectivity index (χ2v) is 5.20. The van der Waals surface area contributed by atoms with E-state index in [9.17, 15) is 20.2 Å². The molecular weight excluding hydrogens is 316 g/mol.